The smallest absolute Gasteiger partial charge is 0.186 e. The fourth-order valence-corrected chi connectivity index (χ4v) is 2.55. The van der Waals surface area contributed by atoms with Gasteiger partial charge in [-0.3, -0.25) is 4.99 Å². The van der Waals surface area contributed by atoms with Crippen LogP contribution in [-0.2, 0) is 12.8 Å². The zero-order chi connectivity index (χ0) is 14.5. The van der Waals surface area contributed by atoms with Crippen LogP contribution in [0.3, 0.4) is 0 Å². The molecule has 2 rings (SSSR count). The fourth-order valence-electron chi connectivity index (χ4n) is 2.55. The summed E-state index contributed by atoms with van der Waals surface area (Å²) in [6.07, 6.45) is 4.76. The van der Waals surface area contributed by atoms with E-state index in [1.807, 2.05) is 0 Å². The highest BCUT2D eigenvalue weighted by molar-refractivity contribution is 5.85. The summed E-state index contributed by atoms with van der Waals surface area (Å²) in [4.78, 5) is 8.24. The first-order valence-corrected chi connectivity index (χ1v) is 6.82. The molecule has 6 nitrogen and oxygen atoms in total. The van der Waals surface area contributed by atoms with Gasteiger partial charge in [-0.15, -0.1) is 12.4 Å². The van der Waals surface area contributed by atoms with Crippen molar-refractivity contribution < 1.29 is 0 Å². The highest BCUT2D eigenvalue weighted by Crippen LogP contribution is 2.26. The molecule has 0 saturated carbocycles. The Labute approximate surface area is 131 Å². The highest BCUT2D eigenvalue weighted by Gasteiger charge is 2.15. The molecule has 0 radical (unpaired) electrons. The number of aliphatic imine (C=N–C) groups is 2. The van der Waals surface area contributed by atoms with E-state index in [4.69, 9.17) is 22.9 Å². The maximum Gasteiger partial charge on any atom is 0.186 e. The van der Waals surface area contributed by atoms with Crippen LogP contribution in [0.2, 0.25) is 0 Å². The minimum Gasteiger partial charge on any atom is -0.370 e. The van der Waals surface area contributed by atoms with Crippen molar-refractivity contribution in [3.05, 3.63) is 34.9 Å². The number of fused-ring (bicyclic) bond motifs is 1. The molecule has 0 saturated heterocycles. The summed E-state index contributed by atoms with van der Waals surface area (Å²) in [5.41, 5.74) is 25.6. The number of hydrogen-bond acceptors (Lipinski definition) is 2. The van der Waals surface area contributed by atoms with Crippen molar-refractivity contribution >= 4 is 24.3 Å². The molecule has 1 unspecified atom stereocenters. The lowest BCUT2D eigenvalue weighted by Gasteiger charge is -2.19. The molecule has 116 valence electrons. The lowest BCUT2D eigenvalue weighted by atomic mass is 9.89. The van der Waals surface area contributed by atoms with E-state index < -0.39 is 0 Å². The second-order valence-electron chi connectivity index (χ2n) is 5.07. The molecule has 1 atom stereocenters. The summed E-state index contributed by atoms with van der Waals surface area (Å²) in [6, 6.07) is 6.15. The molecule has 0 amide bonds. The van der Waals surface area contributed by atoms with Gasteiger partial charge in [0.1, 0.15) is 0 Å². The van der Waals surface area contributed by atoms with Gasteiger partial charge in [-0.1, -0.05) is 18.2 Å². The summed E-state index contributed by atoms with van der Waals surface area (Å²) in [5, 5.41) is 0. The third-order valence-corrected chi connectivity index (χ3v) is 3.51. The molecule has 1 aliphatic rings. The zero-order valence-corrected chi connectivity index (χ0v) is 12.8. The SMILES string of the molecule is Cl.NC(N)=NCC(N=C(N)N)c1ccc2c(c1)CCCC2. The standard InChI is InChI=1S/C14H22N6.ClH/c15-13(16)19-8-12(20-14(17)18)11-6-5-9-3-1-2-4-10(9)7-11;/h5-7,12H,1-4,8H2,(H4,15,16,19)(H4,17,18,20);1H. The third-order valence-electron chi connectivity index (χ3n) is 3.51. The number of guanidine groups is 2. The maximum atomic E-state index is 5.49. The quantitative estimate of drug-likeness (QED) is 0.478. The van der Waals surface area contributed by atoms with Gasteiger partial charge in [0.25, 0.3) is 0 Å². The largest absolute Gasteiger partial charge is 0.370 e. The van der Waals surface area contributed by atoms with Gasteiger partial charge in [-0.05, 0) is 42.4 Å². The van der Waals surface area contributed by atoms with Gasteiger partial charge in [-0.25, -0.2) is 4.99 Å². The van der Waals surface area contributed by atoms with Crippen LogP contribution in [0.5, 0.6) is 0 Å². The Morgan fingerprint density at radius 3 is 2.29 bits per heavy atom. The van der Waals surface area contributed by atoms with Crippen LogP contribution in [0.4, 0.5) is 0 Å². The molecule has 1 aliphatic carbocycles. The molecular formula is C14H23ClN6. The van der Waals surface area contributed by atoms with Crippen molar-refractivity contribution in [2.45, 2.75) is 31.7 Å². The van der Waals surface area contributed by atoms with Crippen LogP contribution in [0.15, 0.2) is 28.2 Å². The molecule has 0 bridgehead atoms. The normalized spacial score (nSPS) is 14.3. The minimum atomic E-state index is -0.241. The predicted molar refractivity (Wildman–Crippen MR) is 89.6 cm³/mol. The first-order valence-electron chi connectivity index (χ1n) is 6.82. The van der Waals surface area contributed by atoms with Crippen LogP contribution in [0, 0.1) is 0 Å². The van der Waals surface area contributed by atoms with E-state index in [-0.39, 0.29) is 30.4 Å². The third kappa shape index (κ3) is 4.82. The average molecular weight is 311 g/mol. The molecular weight excluding hydrogens is 288 g/mol. The van der Waals surface area contributed by atoms with E-state index >= 15 is 0 Å². The summed E-state index contributed by atoms with van der Waals surface area (Å²) in [7, 11) is 0. The van der Waals surface area contributed by atoms with Crippen molar-refractivity contribution in [2.24, 2.45) is 32.9 Å². The Bertz CT molecular complexity index is 532. The van der Waals surface area contributed by atoms with Gasteiger partial charge in [0.05, 0.1) is 12.6 Å². The van der Waals surface area contributed by atoms with Crippen LogP contribution in [-0.4, -0.2) is 18.5 Å². The van der Waals surface area contributed by atoms with E-state index in [1.54, 1.807) is 0 Å². The fraction of sp³-hybridized carbons (Fsp3) is 0.429. The Hall–Kier alpha value is -1.95. The Kier molecular flexibility index (Phi) is 6.30. The number of nitrogens with zero attached hydrogens (tertiary/aromatic N) is 2. The van der Waals surface area contributed by atoms with E-state index in [1.165, 1.54) is 24.0 Å². The van der Waals surface area contributed by atoms with E-state index in [0.29, 0.717) is 6.54 Å². The number of nitrogens with two attached hydrogens (primary N) is 4. The summed E-state index contributed by atoms with van der Waals surface area (Å²) >= 11 is 0. The van der Waals surface area contributed by atoms with Crippen molar-refractivity contribution in [1.82, 2.24) is 0 Å². The van der Waals surface area contributed by atoms with Gasteiger partial charge < -0.3 is 22.9 Å². The summed E-state index contributed by atoms with van der Waals surface area (Å²) < 4.78 is 0. The van der Waals surface area contributed by atoms with Crippen LogP contribution in [0.25, 0.3) is 0 Å². The molecule has 8 N–H and O–H groups in total. The van der Waals surface area contributed by atoms with Gasteiger partial charge in [-0.2, -0.15) is 0 Å². The molecule has 21 heavy (non-hydrogen) atoms. The monoisotopic (exact) mass is 310 g/mol. The first-order chi connectivity index (χ1) is 9.56. The molecule has 1 aromatic rings. The Morgan fingerprint density at radius 1 is 1.00 bits per heavy atom. The van der Waals surface area contributed by atoms with Crippen molar-refractivity contribution in [3.63, 3.8) is 0 Å². The van der Waals surface area contributed by atoms with E-state index in [0.717, 1.165) is 18.4 Å². The maximum absolute atomic E-state index is 5.49. The first kappa shape index (κ1) is 17.1. The number of hydrogen-bond donors (Lipinski definition) is 4. The van der Waals surface area contributed by atoms with Crippen molar-refractivity contribution in [1.29, 1.82) is 0 Å². The number of aryl methyl sites for hydroxylation is 2. The Morgan fingerprint density at radius 2 is 1.67 bits per heavy atom. The lowest BCUT2D eigenvalue weighted by molar-refractivity contribution is 0.677. The molecule has 0 spiro atoms. The van der Waals surface area contributed by atoms with Gasteiger partial charge in [0.2, 0.25) is 0 Å². The molecule has 0 aliphatic heterocycles. The summed E-state index contributed by atoms with van der Waals surface area (Å²) in [6.45, 7) is 0.346. The zero-order valence-electron chi connectivity index (χ0n) is 12.0. The molecule has 0 fully saturated rings. The lowest BCUT2D eigenvalue weighted by Crippen LogP contribution is -2.26. The molecule has 7 heteroatoms. The topological polar surface area (TPSA) is 129 Å². The van der Waals surface area contributed by atoms with Crippen molar-refractivity contribution in [3.8, 4) is 0 Å². The number of halogens is 1. The van der Waals surface area contributed by atoms with Crippen molar-refractivity contribution in [2.75, 3.05) is 6.54 Å². The van der Waals surface area contributed by atoms with Gasteiger partial charge in [0, 0.05) is 0 Å². The molecule has 0 heterocycles. The highest BCUT2D eigenvalue weighted by atomic mass is 35.5. The van der Waals surface area contributed by atoms with Gasteiger partial charge >= 0.3 is 0 Å². The van der Waals surface area contributed by atoms with E-state index in [9.17, 15) is 0 Å². The second-order valence-corrected chi connectivity index (χ2v) is 5.07. The Balaban J connectivity index is 0.00000220. The van der Waals surface area contributed by atoms with Crippen LogP contribution < -0.4 is 22.9 Å². The number of benzene rings is 1. The van der Waals surface area contributed by atoms with Crippen LogP contribution >= 0.6 is 12.4 Å². The molecule has 1 aromatic carbocycles. The van der Waals surface area contributed by atoms with Gasteiger partial charge in [0.15, 0.2) is 11.9 Å². The molecule has 0 aromatic heterocycles. The number of rotatable bonds is 4. The van der Waals surface area contributed by atoms with E-state index in [2.05, 4.69) is 28.2 Å². The minimum absolute atomic E-state index is 0. The van der Waals surface area contributed by atoms with Crippen LogP contribution in [0.1, 0.15) is 35.6 Å². The summed E-state index contributed by atoms with van der Waals surface area (Å²) in [5.74, 6) is 0.0808. The second kappa shape index (κ2) is 7.73. The predicted octanol–water partition coefficient (Wildman–Crippen LogP) is 0.575. The average Bonchev–Trinajstić information content (AvgIpc) is 2.42.